The normalized spacial score (nSPS) is 10.0. The average Bonchev–Trinajstić information content (AvgIpc) is 2.62. The topological polar surface area (TPSA) is 98.5 Å². The van der Waals surface area contributed by atoms with Gasteiger partial charge in [0.25, 0.3) is 5.69 Å². The minimum absolute atomic E-state index is 0.0714. The fourth-order valence-corrected chi connectivity index (χ4v) is 2.29. The molecule has 2 rings (SSSR count). The minimum atomic E-state index is -0.503. The van der Waals surface area contributed by atoms with E-state index >= 15 is 0 Å². The predicted octanol–water partition coefficient (Wildman–Crippen LogP) is 2.54. The number of hydrogen-bond donors (Lipinski definition) is 2. The van der Waals surface area contributed by atoms with Crippen LogP contribution in [-0.4, -0.2) is 35.8 Å². The smallest absolute Gasteiger partial charge is 0.287 e. The van der Waals surface area contributed by atoms with Gasteiger partial charge in [0.15, 0.2) is 16.6 Å². The molecule has 132 valence electrons. The molecule has 0 unspecified atom stereocenters. The zero-order valence-corrected chi connectivity index (χ0v) is 14.6. The second kappa shape index (κ2) is 8.78. The van der Waals surface area contributed by atoms with Crippen LogP contribution >= 0.6 is 12.2 Å². The molecule has 0 aliphatic carbocycles. The van der Waals surface area contributed by atoms with Crippen molar-refractivity contribution in [2.45, 2.75) is 6.42 Å². The number of nitro groups is 1. The van der Waals surface area contributed by atoms with Crippen molar-refractivity contribution in [3.05, 3.63) is 52.2 Å². The number of aromatic nitrogens is 1. The molecule has 0 aliphatic heterocycles. The lowest BCUT2D eigenvalue weighted by Crippen LogP contribution is -2.30. The Morgan fingerprint density at radius 1 is 1.24 bits per heavy atom. The molecule has 1 aromatic carbocycles. The summed E-state index contributed by atoms with van der Waals surface area (Å²) in [7, 11) is 3.19. The van der Waals surface area contributed by atoms with Gasteiger partial charge in [0, 0.05) is 12.6 Å². The first kappa shape index (κ1) is 18.4. The van der Waals surface area contributed by atoms with Crippen LogP contribution in [0.4, 0.5) is 11.5 Å². The molecule has 0 saturated carbocycles. The Bertz CT molecular complexity index is 752. The third kappa shape index (κ3) is 5.28. The zero-order chi connectivity index (χ0) is 18.2. The third-order valence-corrected chi connectivity index (χ3v) is 3.59. The molecule has 0 aliphatic rings. The molecule has 0 radical (unpaired) electrons. The Balaban J connectivity index is 1.83. The van der Waals surface area contributed by atoms with E-state index in [9.17, 15) is 10.1 Å². The quantitative estimate of drug-likeness (QED) is 0.440. The molecular weight excluding hydrogens is 344 g/mol. The van der Waals surface area contributed by atoms with Crippen molar-refractivity contribution in [1.29, 1.82) is 0 Å². The second-order valence-electron chi connectivity index (χ2n) is 4.98. The summed E-state index contributed by atoms with van der Waals surface area (Å²) in [4.78, 5) is 14.0. The van der Waals surface area contributed by atoms with Crippen molar-refractivity contribution < 1.29 is 14.4 Å². The summed E-state index contributed by atoms with van der Waals surface area (Å²) in [6.45, 7) is 0.605. The lowest BCUT2D eigenvalue weighted by atomic mass is 10.1. The van der Waals surface area contributed by atoms with E-state index in [-0.39, 0.29) is 5.69 Å². The van der Waals surface area contributed by atoms with Crippen molar-refractivity contribution >= 4 is 28.8 Å². The van der Waals surface area contributed by atoms with E-state index in [1.54, 1.807) is 14.2 Å². The largest absolute Gasteiger partial charge is 0.493 e. The van der Waals surface area contributed by atoms with E-state index in [1.165, 1.54) is 18.3 Å². The van der Waals surface area contributed by atoms with Crippen LogP contribution in [0.5, 0.6) is 11.5 Å². The number of pyridine rings is 1. The van der Waals surface area contributed by atoms with Crippen molar-refractivity contribution in [3.8, 4) is 11.5 Å². The molecule has 1 heterocycles. The van der Waals surface area contributed by atoms with Crippen molar-refractivity contribution in [2.75, 3.05) is 26.1 Å². The van der Waals surface area contributed by atoms with Crippen LogP contribution in [0.15, 0.2) is 36.5 Å². The summed E-state index contributed by atoms with van der Waals surface area (Å²) in [5, 5.41) is 16.9. The molecule has 0 saturated heterocycles. The van der Waals surface area contributed by atoms with Gasteiger partial charge in [0.1, 0.15) is 12.0 Å². The van der Waals surface area contributed by atoms with E-state index in [0.717, 1.165) is 12.0 Å². The number of anilines is 1. The highest BCUT2D eigenvalue weighted by Crippen LogP contribution is 2.27. The van der Waals surface area contributed by atoms with Crippen LogP contribution in [0.2, 0.25) is 0 Å². The van der Waals surface area contributed by atoms with Gasteiger partial charge in [-0.3, -0.25) is 10.1 Å². The van der Waals surface area contributed by atoms with Gasteiger partial charge in [-0.05, 0) is 42.4 Å². The Morgan fingerprint density at radius 2 is 2.00 bits per heavy atom. The van der Waals surface area contributed by atoms with Crippen molar-refractivity contribution in [3.63, 3.8) is 0 Å². The van der Waals surface area contributed by atoms with Gasteiger partial charge in [-0.2, -0.15) is 0 Å². The summed E-state index contributed by atoms with van der Waals surface area (Å²) < 4.78 is 10.5. The number of methoxy groups -OCH3 is 2. The maximum atomic E-state index is 10.6. The van der Waals surface area contributed by atoms with Crippen molar-refractivity contribution in [1.82, 2.24) is 10.3 Å². The number of thiocarbonyl (C=S) groups is 1. The number of hydrogen-bond acceptors (Lipinski definition) is 6. The van der Waals surface area contributed by atoms with Gasteiger partial charge < -0.3 is 20.1 Å². The maximum Gasteiger partial charge on any atom is 0.287 e. The Hall–Kier alpha value is -2.94. The number of benzene rings is 1. The van der Waals surface area contributed by atoms with Crippen molar-refractivity contribution in [2.24, 2.45) is 0 Å². The van der Waals surface area contributed by atoms with Crippen LogP contribution < -0.4 is 20.1 Å². The van der Waals surface area contributed by atoms with Crippen LogP contribution in [0.3, 0.4) is 0 Å². The number of nitrogens with one attached hydrogen (secondary N) is 2. The lowest BCUT2D eigenvalue weighted by molar-refractivity contribution is -0.385. The maximum absolute atomic E-state index is 10.6. The van der Waals surface area contributed by atoms with Gasteiger partial charge in [0.05, 0.1) is 19.1 Å². The molecule has 0 atom stereocenters. The van der Waals surface area contributed by atoms with E-state index in [4.69, 9.17) is 21.7 Å². The molecule has 1 aromatic heterocycles. The Morgan fingerprint density at radius 3 is 2.60 bits per heavy atom. The first-order chi connectivity index (χ1) is 12.0. The minimum Gasteiger partial charge on any atom is -0.493 e. The molecule has 2 N–H and O–H groups in total. The van der Waals surface area contributed by atoms with Gasteiger partial charge in [-0.25, -0.2) is 4.98 Å². The molecule has 8 nitrogen and oxygen atoms in total. The fourth-order valence-electron chi connectivity index (χ4n) is 2.09. The van der Waals surface area contributed by atoms with Crippen LogP contribution in [-0.2, 0) is 6.42 Å². The van der Waals surface area contributed by atoms with Gasteiger partial charge >= 0.3 is 0 Å². The predicted molar refractivity (Wildman–Crippen MR) is 98.4 cm³/mol. The summed E-state index contributed by atoms with van der Waals surface area (Å²) >= 11 is 5.18. The summed E-state index contributed by atoms with van der Waals surface area (Å²) in [5.41, 5.74) is 0.999. The molecule has 0 bridgehead atoms. The van der Waals surface area contributed by atoms with E-state index in [2.05, 4.69) is 15.6 Å². The molecular formula is C16H18N4O4S. The van der Waals surface area contributed by atoms with Crippen LogP contribution in [0, 0.1) is 10.1 Å². The SMILES string of the molecule is COc1ccc(CCNC(=S)Nc2ccc([N+](=O)[O-])cn2)cc1OC. The first-order valence-corrected chi connectivity index (χ1v) is 7.80. The highest BCUT2D eigenvalue weighted by molar-refractivity contribution is 7.80. The molecule has 0 amide bonds. The van der Waals surface area contributed by atoms with E-state index in [1.807, 2.05) is 18.2 Å². The van der Waals surface area contributed by atoms with Gasteiger partial charge in [0.2, 0.25) is 0 Å². The number of rotatable bonds is 7. The second-order valence-corrected chi connectivity index (χ2v) is 5.39. The first-order valence-electron chi connectivity index (χ1n) is 7.39. The molecule has 0 spiro atoms. The third-order valence-electron chi connectivity index (χ3n) is 3.35. The molecule has 2 aromatic rings. The molecule has 9 heteroatoms. The summed E-state index contributed by atoms with van der Waals surface area (Å²) in [6.07, 6.45) is 1.91. The monoisotopic (exact) mass is 362 g/mol. The highest BCUT2D eigenvalue weighted by atomic mass is 32.1. The molecule has 25 heavy (non-hydrogen) atoms. The number of ether oxygens (including phenoxy) is 2. The van der Waals surface area contributed by atoms with E-state index in [0.29, 0.717) is 29.0 Å². The average molecular weight is 362 g/mol. The fraction of sp³-hybridized carbons (Fsp3) is 0.250. The van der Waals surface area contributed by atoms with E-state index < -0.39 is 4.92 Å². The molecule has 0 fully saturated rings. The standard InChI is InChI=1S/C16H18N4O4S/c1-23-13-5-3-11(9-14(13)24-2)7-8-17-16(25)19-15-6-4-12(10-18-15)20(21)22/h3-6,9-10H,7-8H2,1-2H3,(H2,17,18,19,25). The summed E-state index contributed by atoms with van der Waals surface area (Å²) in [6, 6.07) is 8.58. The van der Waals surface area contributed by atoms with Gasteiger partial charge in [-0.1, -0.05) is 6.07 Å². The van der Waals surface area contributed by atoms with Crippen LogP contribution in [0.1, 0.15) is 5.56 Å². The summed E-state index contributed by atoms with van der Waals surface area (Å²) in [5.74, 6) is 1.80. The zero-order valence-electron chi connectivity index (χ0n) is 13.8. The lowest BCUT2D eigenvalue weighted by Gasteiger charge is -2.11. The Kier molecular flexibility index (Phi) is 6.47. The Labute approximate surface area is 150 Å². The highest BCUT2D eigenvalue weighted by Gasteiger charge is 2.07. The number of nitrogens with zero attached hydrogens (tertiary/aromatic N) is 2. The van der Waals surface area contributed by atoms with Crippen LogP contribution in [0.25, 0.3) is 0 Å². The van der Waals surface area contributed by atoms with Gasteiger partial charge in [-0.15, -0.1) is 0 Å².